The van der Waals surface area contributed by atoms with Crippen LogP contribution in [0.5, 0.6) is 0 Å². The molecule has 0 saturated carbocycles. The van der Waals surface area contributed by atoms with E-state index in [2.05, 4.69) is 20.3 Å². The summed E-state index contributed by atoms with van der Waals surface area (Å²) in [5.74, 6) is -0.304. The van der Waals surface area contributed by atoms with Gasteiger partial charge in [-0.05, 0) is 5.41 Å². The molecule has 4 rings (SSSR count). The Kier molecular flexibility index (Phi) is 6.28. The normalized spacial score (nSPS) is 21.6. The van der Waals surface area contributed by atoms with Gasteiger partial charge in [-0.1, -0.05) is 20.8 Å². The number of nitrogens with zero attached hydrogens (tertiary/aromatic N) is 4. The van der Waals surface area contributed by atoms with Crippen molar-refractivity contribution in [3.8, 4) is 0 Å². The summed E-state index contributed by atoms with van der Waals surface area (Å²) in [6.45, 7) is 8.24. The lowest BCUT2D eigenvalue weighted by atomic mass is 9.85. The maximum absolute atomic E-state index is 13.4. The van der Waals surface area contributed by atoms with Crippen molar-refractivity contribution in [2.45, 2.75) is 65.3 Å². The Morgan fingerprint density at radius 1 is 1.33 bits per heavy atom. The predicted molar refractivity (Wildman–Crippen MR) is 121 cm³/mol. The zero-order valence-electron chi connectivity index (χ0n) is 19.3. The van der Waals surface area contributed by atoms with Crippen LogP contribution >= 0.6 is 11.3 Å². The van der Waals surface area contributed by atoms with E-state index in [1.165, 1.54) is 6.92 Å². The van der Waals surface area contributed by atoms with Crippen LogP contribution in [-0.2, 0) is 22.6 Å². The minimum atomic E-state index is -0.749. The van der Waals surface area contributed by atoms with E-state index in [0.29, 0.717) is 25.3 Å². The van der Waals surface area contributed by atoms with Gasteiger partial charge >= 0.3 is 0 Å². The van der Waals surface area contributed by atoms with Gasteiger partial charge in [-0.25, -0.2) is 9.97 Å². The van der Waals surface area contributed by atoms with E-state index in [1.54, 1.807) is 32.8 Å². The number of nitrogens with one attached hydrogen (secondary N) is 2. The van der Waals surface area contributed by atoms with Crippen molar-refractivity contribution < 1.29 is 19.5 Å². The molecule has 0 radical (unpaired) electrons. The fourth-order valence-electron chi connectivity index (χ4n) is 4.41. The molecule has 33 heavy (non-hydrogen) atoms. The van der Waals surface area contributed by atoms with Gasteiger partial charge in [-0.2, -0.15) is 0 Å². The first-order chi connectivity index (χ1) is 15.5. The number of hydrogen-bond donors (Lipinski definition) is 3. The second-order valence-corrected chi connectivity index (χ2v) is 10.7. The van der Waals surface area contributed by atoms with E-state index in [9.17, 15) is 19.5 Å². The van der Waals surface area contributed by atoms with Crippen molar-refractivity contribution in [1.29, 1.82) is 0 Å². The van der Waals surface area contributed by atoms with E-state index in [-0.39, 0.29) is 30.0 Å². The molecule has 0 aliphatic carbocycles. The molecular weight excluding hydrogens is 444 g/mol. The molecule has 2 aliphatic rings. The summed E-state index contributed by atoms with van der Waals surface area (Å²) in [7, 11) is 0. The minimum Gasteiger partial charge on any atom is -0.391 e. The molecule has 2 aliphatic heterocycles. The highest BCUT2D eigenvalue weighted by Gasteiger charge is 2.43. The van der Waals surface area contributed by atoms with Gasteiger partial charge < -0.3 is 25.2 Å². The largest absolute Gasteiger partial charge is 0.391 e. The molecule has 11 heteroatoms. The van der Waals surface area contributed by atoms with Crippen molar-refractivity contribution in [1.82, 2.24) is 30.1 Å². The average molecular weight is 475 g/mol. The zero-order valence-corrected chi connectivity index (χ0v) is 20.1. The van der Waals surface area contributed by atoms with Crippen LogP contribution in [0.15, 0.2) is 11.7 Å². The summed E-state index contributed by atoms with van der Waals surface area (Å²) < 4.78 is 0. The van der Waals surface area contributed by atoms with Crippen LogP contribution in [0.4, 0.5) is 0 Å². The first-order valence-corrected chi connectivity index (χ1v) is 11.9. The fourth-order valence-corrected chi connectivity index (χ4v) is 5.23. The smallest absolute Gasteiger partial charge is 0.274 e. The number of likely N-dealkylation sites (tertiary alicyclic amines) is 1. The Labute approximate surface area is 196 Å². The SMILES string of the molecule is CC(=O)N[C@H](C(=O)N1C[C@H](O)C[C@H]1c1nc(C(=O)N2CCc3ncsc3C2)c[nH]1)C(C)(C)C. The van der Waals surface area contributed by atoms with Gasteiger partial charge in [0.25, 0.3) is 5.91 Å². The molecule has 1 saturated heterocycles. The minimum absolute atomic E-state index is 0.139. The summed E-state index contributed by atoms with van der Waals surface area (Å²) in [6.07, 6.45) is 1.86. The molecule has 10 nitrogen and oxygen atoms in total. The van der Waals surface area contributed by atoms with Crippen LogP contribution in [0.1, 0.15) is 67.0 Å². The van der Waals surface area contributed by atoms with Crippen molar-refractivity contribution in [3.63, 3.8) is 0 Å². The number of H-pyrrole nitrogens is 1. The van der Waals surface area contributed by atoms with Gasteiger partial charge in [0.15, 0.2) is 0 Å². The molecule has 3 amide bonds. The quantitative estimate of drug-likeness (QED) is 0.611. The van der Waals surface area contributed by atoms with E-state index in [0.717, 1.165) is 17.0 Å². The molecule has 1 fully saturated rings. The highest BCUT2D eigenvalue weighted by Crippen LogP contribution is 2.33. The molecule has 3 atom stereocenters. The van der Waals surface area contributed by atoms with Crippen molar-refractivity contribution in [2.24, 2.45) is 5.41 Å². The number of fused-ring (bicyclic) bond motifs is 1. The summed E-state index contributed by atoms with van der Waals surface area (Å²) in [5, 5.41) is 13.1. The third-order valence-corrected chi connectivity index (χ3v) is 6.98. The molecule has 2 aromatic heterocycles. The summed E-state index contributed by atoms with van der Waals surface area (Å²) in [4.78, 5) is 54.5. The summed E-state index contributed by atoms with van der Waals surface area (Å²) in [6, 6.07) is -1.26. The van der Waals surface area contributed by atoms with Crippen LogP contribution < -0.4 is 5.32 Å². The molecule has 4 heterocycles. The maximum atomic E-state index is 13.4. The summed E-state index contributed by atoms with van der Waals surface area (Å²) in [5.41, 5.74) is 2.61. The lowest BCUT2D eigenvalue weighted by Gasteiger charge is -2.35. The summed E-state index contributed by atoms with van der Waals surface area (Å²) >= 11 is 1.54. The number of thiazole rings is 1. The number of aliphatic hydroxyl groups excluding tert-OH is 1. The number of rotatable bonds is 4. The Bertz CT molecular complexity index is 1060. The van der Waals surface area contributed by atoms with E-state index in [4.69, 9.17) is 0 Å². The molecular formula is C22H30N6O4S. The number of carbonyl (C=O) groups excluding carboxylic acids is 3. The van der Waals surface area contributed by atoms with Crippen LogP contribution in [-0.4, -0.2) is 72.8 Å². The Morgan fingerprint density at radius 3 is 2.79 bits per heavy atom. The molecule has 0 spiro atoms. The van der Waals surface area contributed by atoms with Gasteiger partial charge in [0.1, 0.15) is 17.6 Å². The topological polar surface area (TPSA) is 132 Å². The van der Waals surface area contributed by atoms with E-state index in [1.807, 2.05) is 20.8 Å². The van der Waals surface area contributed by atoms with Crippen LogP contribution in [0.2, 0.25) is 0 Å². The number of aromatic nitrogens is 3. The van der Waals surface area contributed by atoms with Crippen molar-refractivity contribution >= 4 is 29.1 Å². The molecule has 0 aromatic carbocycles. The lowest BCUT2D eigenvalue weighted by molar-refractivity contribution is -0.140. The monoisotopic (exact) mass is 474 g/mol. The number of aliphatic hydroxyl groups is 1. The Balaban J connectivity index is 1.53. The number of hydrogen-bond acceptors (Lipinski definition) is 7. The van der Waals surface area contributed by atoms with Gasteiger partial charge in [0, 0.05) is 43.9 Å². The van der Waals surface area contributed by atoms with Gasteiger partial charge in [0.2, 0.25) is 11.8 Å². The maximum Gasteiger partial charge on any atom is 0.274 e. The van der Waals surface area contributed by atoms with Crippen LogP contribution in [0, 0.1) is 5.41 Å². The van der Waals surface area contributed by atoms with Crippen molar-refractivity contribution in [3.05, 3.63) is 33.8 Å². The predicted octanol–water partition coefficient (Wildman–Crippen LogP) is 1.25. The highest BCUT2D eigenvalue weighted by atomic mass is 32.1. The lowest BCUT2D eigenvalue weighted by Crippen LogP contribution is -2.54. The molecule has 0 unspecified atom stereocenters. The number of amides is 3. The Morgan fingerprint density at radius 2 is 2.09 bits per heavy atom. The van der Waals surface area contributed by atoms with Crippen molar-refractivity contribution in [2.75, 3.05) is 13.1 Å². The fraction of sp³-hybridized carbons (Fsp3) is 0.591. The zero-order chi connectivity index (χ0) is 23.9. The third kappa shape index (κ3) is 4.79. The van der Waals surface area contributed by atoms with Crippen LogP contribution in [0.25, 0.3) is 0 Å². The third-order valence-electron chi connectivity index (χ3n) is 6.12. The highest BCUT2D eigenvalue weighted by molar-refractivity contribution is 7.09. The number of carbonyl (C=O) groups is 3. The van der Waals surface area contributed by atoms with Crippen LogP contribution in [0.3, 0.4) is 0 Å². The first-order valence-electron chi connectivity index (χ1n) is 11.1. The second-order valence-electron chi connectivity index (χ2n) is 9.77. The Hall–Kier alpha value is -2.79. The van der Waals surface area contributed by atoms with E-state index < -0.39 is 23.6 Å². The second kappa shape index (κ2) is 8.86. The molecule has 2 aromatic rings. The van der Waals surface area contributed by atoms with Gasteiger partial charge in [-0.3, -0.25) is 14.4 Å². The van der Waals surface area contributed by atoms with Gasteiger partial charge in [0.05, 0.1) is 29.9 Å². The number of β-amino-alcohol motifs (C(OH)–C–C–N with tert-alkyl or cyclic N) is 1. The molecule has 178 valence electrons. The molecule has 0 bridgehead atoms. The standard InChI is InChI=1S/C22H30N6O4S/c1-12(29)25-18(22(2,3)4)21(32)28-9-13(30)7-16(28)19-23-8-15(26-19)20(31)27-6-5-14-17(10-27)33-11-24-14/h8,11,13,16,18,30H,5-7,9-10H2,1-4H3,(H,23,26)(H,25,29)/t13-,16+,18-/m1/s1. The average Bonchev–Trinajstić information content (AvgIpc) is 3.48. The van der Waals surface area contributed by atoms with Gasteiger partial charge in [-0.15, -0.1) is 11.3 Å². The van der Waals surface area contributed by atoms with E-state index >= 15 is 0 Å². The molecule has 3 N–H and O–H groups in total. The number of aromatic amines is 1. The first kappa shape index (κ1) is 23.4. The number of imidazole rings is 1.